The third-order valence-corrected chi connectivity index (χ3v) is 8.05. The van der Waals surface area contributed by atoms with Crippen LogP contribution < -0.4 is 5.32 Å². The zero-order valence-corrected chi connectivity index (χ0v) is 15.9. The van der Waals surface area contributed by atoms with E-state index in [0.29, 0.717) is 21.3 Å². The van der Waals surface area contributed by atoms with Crippen LogP contribution in [-0.2, 0) is 16.6 Å². The Kier molecular flexibility index (Phi) is 5.87. The van der Waals surface area contributed by atoms with Crippen LogP contribution in [0.2, 0.25) is 0 Å². The van der Waals surface area contributed by atoms with Gasteiger partial charge in [0.25, 0.3) is 0 Å². The van der Waals surface area contributed by atoms with Gasteiger partial charge in [-0.1, -0.05) is 26.7 Å². The van der Waals surface area contributed by atoms with Gasteiger partial charge in [0.05, 0.1) is 3.79 Å². The van der Waals surface area contributed by atoms with Gasteiger partial charge in [0.15, 0.2) is 0 Å². The second-order valence-electron chi connectivity index (χ2n) is 5.85. The van der Waals surface area contributed by atoms with E-state index in [4.69, 9.17) is 0 Å². The number of nitrogens with one attached hydrogen (secondary N) is 1. The highest BCUT2D eigenvalue weighted by atomic mass is 79.9. The van der Waals surface area contributed by atoms with Crippen molar-refractivity contribution < 1.29 is 8.42 Å². The molecule has 0 spiro atoms. The molecule has 0 amide bonds. The Bertz CT molecular complexity index is 578. The summed E-state index contributed by atoms with van der Waals surface area (Å²) in [6, 6.07) is 2.33. The van der Waals surface area contributed by atoms with Gasteiger partial charge in [-0.2, -0.15) is 4.31 Å². The normalized spacial score (nSPS) is 17.2. The van der Waals surface area contributed by atoms with Crippen molar-refractivity contribution in [1.82, 2.24) is 9.62 Å². The van der Waals surface area contributed by atoms with Gasteiger partial charge >= 0.3 is 0 Å². The molecule has 21 heavy (non-hydrogen) atoms. The first-order valence-electron chi connectivity index (χ1n) is 7.32. The Morgan fingerprint density at radius 1 is 1.43 bits per heavy atom. The van der Waals surface area contributed by atoms with E-state index >= 15 is 0 Å². The molecule has 0 saturated heterocycles. The Labute approximate surface area is 140 Å². The molecule has 1 aliphatic rings. The number of nitrogens with zero attached hydrogens (tertiary/aromatic N) is 1. The predicted octanol–water partition coefficient (Wildman–Crippen LogP) is 3.57. The molecule has 1 aromatic rings. The van der Waals surface area contributed by atoms with Crippen molar-refractivity contribution in [3.05, 3.63) is 14.7 Å². The summed E-state index contributed by atoms with van der Waals surface area (Å²) >= 11 is 4.91. The summed E-state index contributed by atoms with van der Waals surface area (Å²) in [7, 11) is -1.69. The maximum atomic E-state index is 12.8. The smallest absolute Gasteiger partial charge is 0.245 e. The van der Waals surface area contributed by atoms with Crippen LogP contribution in [0.1, 0.15) is 44.4 Å². The lowest BCUT2D eigenvalue weighted by atomic mass is 10.3. The first-order valence-corrected chi connectivity index (χ1v) is 10.4. The van der Waals surface area contributed by atoms with Gasteiger partial charge in [-0.3, -0.25) is 0 Å². The summed E-state index contributed by atoms with van der Waals surface area (Å²) in [5.41, 5.74) is 0. The van der Waals surface area contributed by atoms with Crippen molar-refractivity contribution in [3.63, 3.8) is 0 Å². The van der Waals surface area contributed by atoms with E-state index in [-0.39, 0.29) is 6.04 Å². The van der Waals surface area contributed by atoms with Gasteiger partial charge in [-0.15, -0.1) is 11.3 Å². The average molecular weight is 395 g/mol. The summed E-state index contributed by atoms with van der Waals surface area (Å²) in [4.78, 5) is 1.44. The third-order valence-electron chi connectivity index (χ3n) is 3.89. The van der Waals surface area contributed by atoms with Crippen LogP contribution in [0.3, 0.4) is 0 Å². The second kappa shape index (κ2) is 7.08. The first kappa shape index (κ1) is 17.4. The molecule has 0 unspecified atom stereocenters. The Morgan fingerprint density at radius 2 is 2.05 bits per heavy atom. The molecule has 1 fully saturated rings. The number of rotatable bonds is 6. The highest BCUT2D eigenvalue weighted by molar-refractivity contribution is 9.11. The van der Waals surface area contributed by atoms with Gasteiger partial charge in [-0.25, -0.2) is 8.42 Å². The lowest BCUT2D eigenvalue weighted by Gasteiger charge is -2.23. The summed E-state index contributed by atoms with van der Waals surface area (Å²) in [6.07, 6.45) is 4.19. The third kappa shape index (κ3) is 4.07. The molecule has 1 N–H and O–H groups in total. The molecule has 120 valence electrons. The van der Waals surface area contributed by atoms with E-state index in [0.717, 1.165) is 30.6 Å². The predicted molar refractivity (Wildman–Crippen MR) is 91.2 cm³/mol. The summed E-state index contributed by atoms with van der Waals surface area (Å²) < 4.78 is 27.8. The zero-order chi connectivity index (χ0) is 15.6. The average Bonchev–Trinajstić information content (AvgIpc) is 3.04. The van der Waals surface area contributed by atoms with E-state index < -0.39 is 10.0 Å². The lowest BCUT2D eigenvalue weighted by molar-refractivity contribution is 0.373. The molecule has 0 atom stereocenters. The van der Waals surface area contributed by atoms with Crippen LogP contribution in [0, 0.1) is 0 Å². The highest BCUT2D eigenvalue weighted by Crippen LogP contribution is 2.35. The molecule has 4 nitrogen and oxygen atoms in total. The van der Waals surface area contributed by atoms with Crippen LogP contribution >= 0.6 is 27.3 Å². The van der Waals surface area contributed by atoms with Gasteiger partial charge in [0, 0.05) is 30.6 Å². The maximum absolute atomic E-state index is 12.8. The zero-order valence-electron chi connectivity index (χ0n) is 12.7. The number of halogens is 1. The van der Waals surface area contributed by atoms with Gasteiger partial charge in [-0.05, 0) is 34.8 Å². The molecule has 2 rings (SSSR count). The van der Waals surface area contributed by atoms with Gasteiger partial charge < -0.3 is 5.32 Å². The summed E-state index contributed by atoms with van der Waals surface area (Å²) in [5, 5.41) is 3.32. The monoisotopic (exact) mass is 394 g/mol. The van der Waals surface area contributed by atoms with Crippen LogP contribution in [0.25, 0.3) is 0 Å². The van der Waals surface area contributed by atoms with E-state index in [2.05, 4.69) is 35.1 Å². The van der Waals surface area contributed by atoms with E-state index in [1.807, 2.05) is 0 Å². The largest absolute Gasteiger partial charge is 0.310 e. The fraction of sp³-hybridized carbons (Fsp3) is 0.714. The molecule has 1 heterocycles. The minimum atomic E-state index is -3.40. The van der Waals surface area contributed by atoms with Gasteiger partial charge in [0.1, 0.15) is 4.90 Å². The fourth-order valence-electron chi connectivity index (χ4n) is 2.58. The van der Waals surface area contributed by atoms with Crippen LogP contribution in [-0.4, -0.2) is 31.9 Å². The van der Waals surface area contributed by atoms with Crippen molar-refractivity contribution in [2.75, 3.05) is 7.05 Å². The maximum Gasteiger partial charge on any atom is 0.245 e. The SMILES string of the molecule is CC(C)NCc1cc(S(=O)(=O)N(C)C2CCCC2)c(Br)s1. The Hall–Kier alpha value is 0.0500. The lowest BCUT2D eigenvalue weighted by Crippen LogP contribution is -2.35. The minimum absolute atomic E-state index is 0.152. The van der Waals surface area contributed by atoms with E-state index in [1.165, 1.54) is 11.3 Å². The summed E-state index contributed by atoms with van der Waals surface area (Å²) in [6.45, 7) is 4.85. The van der Waals surface area contributed by atoms with Crippen molar-refractivity contribution in [2.45, 2.75) is 63.1 Å². The highest BCUT2D eigenvalue weighted by Gasteiger charge is 2.32. The molecule has 7 heteroatoms. The minimum Gasteiger partial charge on any atom is -0.310 e. The molecule has 0 radical (unpaired) electrons. The summed E-state index contributed by atoms with van der Waals surface area (Å²) in [5.74, 6) is 0. The first-order chi connectivity index (χ1) is 9.82. The number of hydrogen-bond donors (Lipinski definition) is 1. The fourth-order valence-corrected chi connectivity index (χ4v) is 6.58. The van der Waals surface area contributed by atoms with Crippen LogP contribution in [0.4, 0.5) is 0 Å². The van der Waals surface area contributed by atoms with E-state index in [9.17, 15) is 8.42 Å². The second-order valence-corrected chi connectivity index (χ2v) is 10.3. The molecule has 0 aliphatic heterocycles. The quantitative estimate of drug-likeness (QED) is 0.801. The molecule has 1 aromatic heterocycles. The Morgan fingerprint density at radius 3 is 2.62 bits per heavy atom. The van der Waals surface area contributed by atoms with Crippen LogP contribution in [0.5, 0.6) is 0 Å². The molecular weight excluding hydrogens is 372 g/mol. The van der Waals surface area contributed by atoms with Crippen molar-refractivity contribution in [2.24, 2.45) is 0 Å². The number of sulfonamides is 1. The van der Waals surface area contributed by atoms with Crippen molar-refractivity contribution in [3.8, 4) is 0 Å². The molecular formula is C14H23BrN2O2S2. The molecule has 0 bridgehead atoms. The molecule has 0 aromatic carbocycles. The van der Waals surface area contributed by atoms with Crippen molar-refractivity contribution in [1.29, 1.82) is 0 Å². The van der Waals surface area contributed by atoms with Gasteiger partial charge in [0.2, 0.25) is 10.0 Å². The standard InChI is InChI=1S/C14H23BrN2O2S2/c1-10(2)16-9-12-8-13(14(15)20-12)21(18,19)17(3)11-6-4-5-7-11/h8,10-11,16H,4-7,9H2,1-3H3. The molecule has 1 saturated carbocycles. The molecule has 1 aliphatic carbocycles. The number of thiophene rings is 1. The van der Waals surface area contributed by atoms with E-state index in [1.54, 1.807) is 17.4 Å². The topological polar surface area (TPSA) is 49.4 Å². The Balaban J connectivity index is 2.19. The van der Waals surface area contributed by atoms with Crippen LogP contribution in [0.15, 0.2) is 14.7 Å². The van der Waals surface area contributed by atoms with Crippen molar-refractivity contribution >= 4 is 37.3 Å². The number of hydrogen-bond acceptors (Lipinski definition) is 4.